The van der Waals surface area contributed by atoms with E-state index < -0.39 is 0 Å². The van der Waals surface area contributed by atoms with Gasteiger partial charge in [-0.05, 0) is 54.8 Å². The summed E-state index contributed by atoms with van der Waals surface area (Å²) in [5.41, 5.74) is 2.17. The van der Waals surface area contributed by atoms with E-state index in [0.717, 1.165) is 24.5 Å². The molecule has 0 N–H and O–H groups in total. The molecule has 3 aromatic rings. The third kappa shape index (κ3) is 3.84. The van der Waals surface area contributed by atoms with Gasteiger partial charge in [0.1, 0.15) is 5.75 Å². The Kier molecular flexibility index (Phi) is 5.50. The first-order valence-corrected chi connectivity index (χ1v) is 10.4. The van der Waals surface area contributed by atoms with Gasteiger partial charge in [-0.2, -0.15) is 0 Å². The molecule has 1 amide bonds. The minimum Gasteiger partial charge on any atom is -0.497 e. The van der Waals surface area contributed by atoms with Crippen molar-refractivity contribution in [2.45, 2.75) is 26.1 Å². The zero-order valence-electron chi connectivity index (χ0n) is 16.2. The molecule has 0 saturated carbocycles. The Balaban J connectivity index is 1.54. The zero-order chi connectivity index (χ0) is 19.5. The molecule has 0 spiro atoms. The highest BCUT2D eigenvalue weighted by Gasteiger charge is 2.27. The quantitative estimate of drug-likeness (QED) is 0.629. The van der Waals surface area contributed by atoms with Crippen LogP contribution in [0.1, 0.15) is 23.5 Å². The van der Waals surface area contributed by atoms with E-state index in [4.69, 9.17) is 4.74 Å². The molecule has 0 fully saturated rings. The number of hydrogen-bond donors (Lipinski definition) is 0. The number of rotatable bonds is 6. The minimum absolute atomic E-state index is 0.116. The Bertz CT molecular complexity index is 918. The average molecular weight is 396 g/mol. The molecule has 0 saturated heterocycles. The molecule has 2 aromatic heterocycles. The van der Waals surface area contributed by atoms with Crippen LogP contribution in [0.5, 0.6) is 5.75 Å². The van der Waals surface area contributed by atoms with Crippen LogP contribution in [0.2, 0.25) is 0 Å². The van der Waals surface area contributed by atoms with Gasteiger partial charge in [-0.25, -0.2) is 0 Å². The molecule has 1 unspecified atom stereocenters. The Morgan fingerprint density at radius 3 is 2.71 bits per heavy atom. The van der Waals surface area contributed by atoms with Gasteiger partial charge in [-0.1, -0.05) is 6.07 Å². The van der Waals surface area contributed by atoms with Crippen molar-refractivity contribution >= 4 is 22.9 Å². The van der Waals surface area contributed by atoms with E-state index in [1.807, 2.05) is 40.6 Å². The fourth-order valence-corrected chi connectivity index (χ4v) is 4.44. The number of carbonyl (C=O) groups excluding carboxylic acids is 1. The number of amides is 1. The lowest BCUT2D eigenvalue weighted by molar-refractivity contribution is -0.120. The first kappa shape index (κ1) is 18.8. The average Bonchev–Trinajstić information content (AvgIpc) is 3.40. The summed E-state index contributed by atoms with van der Waals surface area (Å²) in [7, 11) is 1.65. The van der Waals surface area contributed by atoms with Gasteiger partial charge in [-0.15, -0.1) is 11.3 Å². The number of anilines is 1. The molecule has 1 aromatic carbocycles. The Morgan fingerprint density at radius 1 is 1.18 bits per heavy atom. The molecule has 1 aliphatic rings. The van der Waals surface area contributed by atoms with Crippen molar-refractivity contribution in [1.82, 2.24) is 9.47 Å². The predicted octanol–water partition coefficient (Wildman–Crippen LogP) is 4.17. The molecule has 0 aliphatic carbocycles. The van der Waals surface area contributed by atoms with Crippen LogP contribution in [-0.2, 0) is 17.9 Å². The standard InChI is InChI=1S/C22H25N3O2S/c1-17-21-6-3-11-23(21)12-13-24(17)16-22(26)25(15-20-5-4-14-28-20)18-7-9-19(27-2)10-8-18/h3-11,14,17H,12-13,15-16H2,1-2H3. The molecule has 0 radical (unpaired) electrons. The lowest BCUT2D eigenvalue weighted by atomic mass is 10.1. The molecule has 28 heavy (non-hydrogen) atoms. The summed E-state index contributed by atoms with van der Waals surface area (Å²) in [6.07, 6.45) is 2.12. The minimum atomic E-state index is 0.116. The van der Waals surface area contributed by atoms with Gasteiger partial charge in [0.05, 0.1) is 20.2 Å². The van der Waals surface area contributed by atoms with Crippen molar-refractivity contribution in [2.75, 3.05) is 25.1 Å². The number of ether oxygens (including phenoxy) is 1. The highest BCUT2D eigenvalue weighted by atomic mass is 32.1. The van der Waals surface area contributed by atoms with Gasteiger partial charge < -0.3 is 14.2 Å². The Labute approximate surface area is 169 Å². The molecule has 6 heteroatoms. The second-order valence-electron chi connectivity index (χ2n) is 7.03. The van der Waals surface area contributed by atoms with E-state index in [0.29, 0.717) is 13.1 Å². The Hall–Kier alpha value is -2.57. The van der Waals surface area contributed by atoms with E-state index in [1.54, 1.807) is 18.4 Å². The highest BCUT2D eigenvalue weighted by Crippen LogP contribution is 2.27. The second kappa shape index (κ2) is 8.20. The SMILES string of the molecule is COc1ccc(N(Cc2cccs2)C(=O)CN2CCn3cccc3C2C)cc1. The molecule has 4 rings (SSSR count). The van der Waals surface area contributed by atoms with Crippen LogP contribution in [0.25, 0.3) is 0 Å². The van der Waals surface area contributed by atoms with Crippen LogP contribution < -0.4 is 9.64 Å². The normalized spacial score (nSPS) is 16.6. The highest BCUT2D eigenvalue weighted by molar-refractivity contribution is 7.09. The number of hydrogen-bond acceptors (Lipinski definition) is 4. The van der Waals surface area contributed by atoms with Crippen LogP contribution in [-0.4, -0.2) is 35.6 Å². The molecular formula is C22H25N3O2S. The second-order valence-corrected chi connectivity index (χ2v) is 8.06. The van der Waals surface area contributed by atoms with Crippen LogP contribution in [0.4, 0.5) is 5.69 Å². The maximum atomic E-state index is 13.3. The fourth-order valence-electron chi connectivity index (χ4n) is 3.75. The Morgan fingerprint density at radius 2 is 2.00 bits per heavy atom. The van der Waals surface area contributed by atoms with Crippen molar-refractivity contribution in [3.63, 3.8) is 0 Å². The van der Waals surface area contributed by atoms with Crippen molar-refractivity contribution in [3.05, 3.63) is 70.7 Å². The first-order valence-electron chi connectivity index (χ1n) is 9.51. The molecule has 5 nitrogen and oxygen atoms in total. The largest absolute Gasteiger partial charge is 0.497 e. The summed E-state index contributed by atoms with van der Waals surface area (Å²) in [6, 6.07) is 16.3. The van der Waals surface area contributed by atoms with Crippen LogP contribution in [0, 0.1) is 0 Å². The summed E-state index contributed by atoms with van der Waals surface area (Å²) < 4.78 is 7.54. The van der Waals surface area contributed by atoms with Crippen LogP contribution >= 0.6 is 11.3 Å². The fraction of sp³-hybridized carbons (Fsp3) is 0.318. The smallest absolute Gasteiger partial charge is 0.241 e. The third-order valence-electron chi connectivity index (χ3n) is 5.39. The van der Waals surface area contributed by atoms with E-state index >= 15 is 0 Å². The van der Waals surface area contributed by atoms with Gasteiger partial charge >= 0.3 is 0 Å². The van der Waals surface area contributed by atoms with E-state index in [2.05, 4.69) is 40.8 Å². The van der Waals surface area contributed by atoms with Gasteiger partial charge in [0.25, 0.3) is 0 Å². The summed E-state index contributed by atoms with van der Waals surface area (Å²) in [5, 5.41) is 2.05. The number of thiophene rings is 1. The topological polar surface area (TPSA) is 37.7 Å². The number of carbonyl (C=O) groups is 1. The lowest BCUT2D eigenvalue weighted by Crippen LogP contribution is -2.44. The summed E-state index contributed by atoms with van der Waals surface area (Å²) in [5.74, 6) is 0.906. The maximum Gasteiger partial charge on any atom is 0.241 e. The molecule has 1 aliphatic heterocycles. The molecule has 1 atom stereocenters. The first-order chi connectivity index (χ1) is 13.7. The van der Waals surface area contributed by atoms with Gasteiger partial charge in [0, 0.05) is 41.6 Å². The zero-order valence-corrected chi connectivity index (χ0v) is 17.1. The van der Waals surface area contributed by atoms with Gasteiger partial charge in [0.15, 0.2) is 0 Å². The van der Waals surface area contributed by atoms with Crippen molar-refractivity contribution in [2.24, 2.45) is 0 Å². The summed E-state index contributed by atoms with van der Waals surface area (Å²) in [6.45, 7) is 4.97. The van der Waals surface area contributed by atoms with E-state index in [-0.39, 0.29) is 11.9 Å². The third-order valence-corrected chi connectivity index (χ3v) is 6.25. The van der Waals surface area contributed by atoms with Crippen LogP contribution in [0.3, 0.4) is 0 Å². The monoisotopic (exact) mass is 395 g/mol. The van der Waals surface area contributed by atoms with Crippen molar-refractivity contribution in [3.8, 4) is 5.75 Å². The molecule has 3 heterocycles. The summed E-state index contributed by atoms with van der Waals surface area (Å²) >= 11 is 1.67. The van der Waals surface area contributed by atoms with Crippen LogP contribution in [0.15, 0.2) is 60.1 Å². The van der Waals surface area contributed by atoms with Crippen molar-refractivity contribution < 1.29 is 9.53 Å². The van der Waals surface area contributed by atoms with Gasteiger partial charge in [-0.3, -0.25) is 9.69 Å². The maximum absolute atomic E-state index is 13.3. The molecular weight excluding hydrogens is 370 g/mol. The summed E-state index contributed by atoms with van der Waals surface area (Å²) in [4.78, 5) is 18.7. The predicted molar refractivity (Wildman–Crippen MR) is 113 cm³/mol. The number of nitrogens with zero attached hydrogens (tertiary/aromatic N) is 3. The van der Waals surface area contributed by atoms with Gasteiger partial charge in [0.2, 0.25) is 5.91 Å². The number of aromatic nitrogens is 1. The number of benzene rings is 1. The van der Waals surface area contributed by atoms with Crippen molar-refractivity contribution in [1.29, 1.82) is 0 Å². The molecule has 146 valence electrons. The number of methoxy groups -OCH3 is 1. The van der Waals surface area contributed by atoms with E-state index in [1.165, 1.54) is 10.6 Å². The number of fused-ring (bicyclic) bond motifs is 1. The van der Waals surface area contributed by atoms with E-state index in [9.17, 15) is 4.79 Å². The lowest BCUT2D eigenvalue weighted by Gasteiger charge is -2.35. The molecule has 0 bridgehead atoms.